The van der Waals surface area contributed by atoms with E-state index < -0.39 is 17.8 Å². The van der Waals surface area contributed by atoms with E-state index in [1.165, 1.54) is 32.4 Å². The molecule has 0 aliphatic carbocycles. The molecule has 2 aromatic rings. The number of methoxy groups -OCH3 is 2. The predicted molar refractivity (Wildman–Crippen MR) is 108 cm³/mol. The fraction of sp³-hybridized carbons (Fsp3) is 0.318. The van der Waals surface area contributed by atoms with Crippen LogP contribution in [0.25, 0.3) is 0 Å². The molecule has 1 unspecified atom stereocenters. The molecule has 1 aliphatic rings. The third-order valence-electron chi connectivity index (χ3n) is 4.61. The number of hydrogen-bond donors (Lipinski definition) is 1. The normalized spacial score (nSPS) is 15.3. The number of carbonyl (C=O) groups is 3. The van der Waals surface area contributed by atoms with Crippen LogP contribution >= 0.6 is 0 Å². The minimum Gasteiger partial charge on any atom is -0.490 e. The highest BCUT2D eigenvalue weighted by atomic mass is 16.5. The maximum atomic E-state index is 12.9. The van der Waals surface area contributed by atoms with Gasteiger partial charge in [0.05, 0.1) is 37.0 Å². The Morgan fingerprint density at radius 3 is 2.30 bits per heavy atom. The molecule has 0 aromatic heterocycles. The number of amides is 1. The van der Waals surface area contributed by atoms with Crippen molar-refractivity contribution in [2.45, 2.75) is 18.9 Å². The van der Waals surface area contributed by atoms with Crippen molar-refractivity contribution in [1.82, 2.24) is 0 Å². The number of ether oxygens (including phenoxy) is 4. The Labute approximate surface area is 174 Å². The van der Waals surface area contributed by atoms with Crippen LogP contribution in [0.1, 0.15) is 43.9 Å². The topological polar surface area (TPSA) is 100 Å². The molecule has 1 fully saturated rings. The van der Waals surface area contributed by atoms with Crippen molar-refractivity contribution in [1.29, 1.82) is 0 Å². The lowest BCUT2D eigenvalue weighted by molar-refractivity contribution is 0.0599. The number of anilines is 1. The van der Waals surface area contributed by atoms with E-state index in [0.29, 0.717) is 17.9 Å². The zero-order chi connectivity index (χ0) is 21.5. The largest absolute Gasteiger partial charge is 0.490 e. The summed E-state index contributed by atoms with van der Waals surface area (Å²) in [5.41, 5.74) is 0.785. The lowest BCUT2D eigenvalue weighted by Crippen LogP contribution is -2.19. The molecule has 1 saturated heterocycles. The molecule has 0 spiro atoms. The Hall–Kier alpha value is -3.39. The van der Waals surface area contributed by atoms with E-state index in [0.717, 1.165) is 19.4 Å². The number of esters is 2. The summed E-state index contributed by atoms with van der Waals surface area (Å²) in [5, 5.41) is 2.70. The third-order valence-corrected chi connectivity index (χ3v) is 4.61. The number of hydrogen-bond acceptors (Lipinski definition) is 7. The van der Waals surface area contributed by atoms with Crippen LogP contribution in [0.5, 0.6) is 5.75 Å². The smallest absolute Gasteiger partial charge is 0.337 e. The van der Waals surface area contributed by atoms with Crippen LogP contribution < -0.4 is 10.1 Å². The van der Waals surface area contributed by atoms with Crippen molar-refractivity contribution in [2.75, 3.05) is 32.8 Å². The van der Waals surface area contributed by atoms with E-state index in [1.807, 2.05) is 0 Å². The fourth-order valence-corrected chi connectivity index (χ4v) is 3.11. The summed E-state index contributed by atoms with van der Waals surface area (Å²) >= 11 is 0. The summed E-state index contributed by atoms with van der Waals surface area (Å²) in [5.74, 6) is -1.31. The van der Waals surface area contributed by atoms with Gasteiger partial charge in [0, 0.05) is 12.3 Å². The van der Waals surface area contributed by atoms with Gasteiger partial charge in [-0.1, -0.05) is 12.1 Å². The second-order valence-electron chi connectivity index (χ2n) is 6.68. The van der Waals surface area contributed by atoms with Gasteiger partial charge < -0.3 is 24.3 Å². The summed E-state index contributed by atoms with van der Waals surface area (Å²) in [7, 11) is 2.46. The van der Waals surface area contributed by atoms with Crippen LogP contribution in [-0.2, 0) is 14.2 Å². The number of benzene rings is 2. The molecule has 0 bridgehead atoms. The van der Waals surface area contributed by atoms with Crippen molar-refractivity contribution in [3.8, 4) is 5.75 Å². The molecule has 1 aliphatic heterocycles. The van der Waals surface area contributed by atoms with Crippen LogP contribution in [0.2, 0.25) is 0 Å². The minimum atomic E-state index is -0.642. The molecule has 1 heterocycles. The second kappa shape index (κ2) is 9.89. The molecular weight excluding hydrogens is 390 g/mol. The zero-order valence-corrected chi connectivity index (χ0v) is 16.8. The number of rotatable bonds is 7. The van der Waals surface area contributed by atoms with E-state index >= 15 is 0 Å². The van der Waals surface area contributed by atoms with E-state index in [2.05, 4.69) is 5.32 Å². The minimum absolute atomic E-state index is 0.0143. The first-order valence-corrected chi connectivity index (χ1v) is 9.48. The summed E-state index contributed by atoms with van der Waals surface area (Å²) in [4.78, 5) is 36.7. The SMILES string of the molecule is COC(=O)c1cc(NC(=O)c2ccccc2OCC2CCCO2)cc(C(=O)OC)c1. The van der Waals surface area contributed by atoms with Gasteiger partial charge in [0.15, 0.2) is 0 Å². The lowest BCUT2D eigenvalue weighted by atomic mass is 10.1. The second-order valence-corrected chi connectivity index (χ2v) is 6.68. The van der Waals surface area contributed by atoms with Crippen LogP contribution in [0.3, 0.4) is 0 Å². The molecule has 1 N–H and O–H groups in total. The molecule has 1 amide bonds. The molecule has 0 radical (unpaired) electrons. The summed E-state index contributed by atoms with van der Waals surface area (Å²) in [6.07, 6.45) is 1.93. The molecule has 2 aromatic carbocycles. The molecule has 30 heavy (non-hydrogen) atoms. The predicted octanol–water partition coefficient (Wildman–Crippen LogP) is 3.07. The van der Waals surface area contributed by atoms with Gasteiger partial charge in [-0.15, -0.1) is 0 Å². The van der Waals surface area contributed by atoms with E-state index in [4.69, 9.17) is 18.9 Å². The zero-order valence-electron chi connectivity index (χ0n) is 16.8. The van der Waals surface area contributed by atoms with Gasteiger partial charge in [0.2, 0.25) is 0 Å². The van der Waals surface area contributed by atoms with Gasteiger partial charge >= 0.3 is 11.9 Å². The van der Waals surface area contributed by atoms with E-state index in [9.17, 15) is 14.4 Å². The van der Waals surface area contributed by atoms with Crippen LogP contribution in [0.4, 0.5) is 5.69 Å². The molecule has 8 heteroatoms. The quantitative estimate of drug-likeness (QED) is 0.696. The third kappa shape index (κ3) is 5.15. The van der Waals surface area contributed by atoms with Crippen molar-refractivity contribution < 1.29 is 33.3 Å². The highest BCUT2D eigenvalue weighted by molar-refractivity contribution is 6.07. The Morgan fingerprint density at radius 1 is 1.03 bits per heavy atom. The standard InChI is InChI=1S/C22H23NO7/c1-27-21(25)14-10-15(22(26)28-2)12-16(11-14)23-20(24)18-7-3-4-8-19(18)30-13-17-6-5-9-29-17/h3-4,7-8,10-12,17H,5-6,9,13H2,1-2H3,(H,23,24). The van der Waals surface area contributed by atoms with Gasteiger partial charge in [0.25, 0.3) is 5.91 Å². The maximum Gasteiger partial charge on any atom is 0.337 e. The average molecular weight is 413 g/mol. The number of carbonyl (C=O) groups excluding carboxylic acids is 3. The number of para-hydroxylation sites is 1. The van der Waals surface area contributed by atoms with Gasteiger partial charge in [-0.05, 0) is 43.2 Å². The highest BCUT2D eigenvalue weighted by Crippen LogP contribution is 2.23. The Kier molecular flexibility index (Phi) is 7.03. The maximum absolute atomic E-state index is 12.9. The first kappa shape index (κ1) is 21.3. The van der Waals surface area contributed by atoms with Crippen LogP contribution in [0.15, 0.2) is 42.5 Å². The fourth-order valence-electron chi connectivity index (χ4n) is 3.11. The van der Waals surface area contributed by atoms with Crippen molar-refractivity contribution in [3.63, 3.8) is 0 Å². The van der Waals surface area contributed by atoms with Gasteiger partial charge in [-0.3, -0.25) is 4.79 Å². The molecule has 0 saturated carbocycles. The van der Waals surface area contributed by atoms with Crippen molar-refractivity contribution in [2.24, 2.45) is 0 Å². The first-order chi connectivity index (χ1) is 14.5. The first-order valence-electron chi connectivity index (χ1n) is 9.48. The van der Waals surface area contributed by atoms with Crippen molar-refractivity contribution in [3.05, 3.63) is 59.2 Å². The Morgan fingerprint density at radius 2 is 1.70 bits per heavy atom. The molecular formula is C22H23NO7. The average Bonchev–Trinajstić information content (AvgIpc) is 3.30. The molecule has 158 valence electrons. The van der Waals surface area contributed by atoms with Gasteiger partial charge in [0.1, 0.15) is 12.4 Å². The van der Waals surface area contributed by atoms with Gasteiger partial charge in [-0.25, -0.2) is 9.59 Å². The summed E-state index contributed by atoms with van der Waals surface area (Å²) in [6, 6.07) is 11.0. The summed E-state index contributed by atoms with van der Waals surface area (Å²) in [6.45, 7) is 1.07. The van der Waals surface area contributed by atoms with Crippen molar-refractivity contribution >= 4 is 23.5 Å². The molecule has 3 rings (SSSR count). The lowest BCUT2D eigenvalue weighted by Gasteiger charge is -2.15. The monoisotopic (exact) mass is 413 g/mol. The van der Waals surface area contributed by atoms with E-state index in [1.54, 1.807) is 24.3 Å². The molecule has 8 nitrogen and oxygen atoms in total. The number of nitrogens with one attached hydrogen (secondary N) is 1. The Balaban J connectivity index is 1.81. The highest BCUT2D eigenvalue weighted by Gasteiger charge is 2.20. The van der Waals surface area contributed by atoms with Crippen LogP contribution in [0, 0.1) is 0 Å². The van der Waals surface area contributed by atoms with Crippen LogP contribution in [-0.4, -0.2) is 51.4 Å². The summed E-state index contributed by atoms with van der Waals surface area (Å²) < 4.78 is 20.8. The Bertz CT molecular complexity index is 901. The molecule has 1 atom stereocenters. The van der Waals surface area contributed by atoms with E-state index in [-0.39, 0.29) is 22.9 Å². The van der Waals surface area contributed by atoms with Gasteiger partial charge in [-0.2, -0.15) is 0 Å².